The van der Waals surface area contributed by atoms with Gasteiger partial charge in [0, 0.05) is 5.56 Å². The van der Waals surface area contributed by atoms with Crippen LogP contribution >= 0.6 is 24.0 Å². The minimum Gasteiger partial charge on any atom is -0.506 e. The molecule has 2 atom stereocenters. The smallest absolute Gasteiger partial charge is 0.139 e. The Bertz CT molecular complexity index is 334. The number of hydrogen-bond acceptors (Lipinski definition) is 3. The zero-order valence-electron chi connectivity index (χ0n) is 9.06. The Kier molecular flexibility index (Phi) is 6.76. The van der Waals surface area contributed by atoms with E-state index in [9.17, 15) is 10.2 Å². The van der Waals surface area contributed by atoms with Gasteiger partial charge in [0.2, 0.25) is 0 Å². The quantitative estimate of drug-likeness (QED) is 0.784. The van der Waals surface area contributed by atoms with Gasteiger partial charge in [-0.15, -0.1) is 12.4 Å². The predicted molar refractivity (Wildman–Crippen MR) is 68.2 cm³/mol. The van der Waals surface area contributed by atoms with E-state index in [1.54, 1.807) is 18.2 Å². The maximum absolute atomic E-state index is 9.71. The number of aliphatic hydroxyl groups is 1. The summed E-state index contributed by atoms with van der Waals surface area (Å²) in [6.45, 7) is 1.97. The highest BCUT2D eigenvalue weighted by molar-refractivity contribution is 6.32. The Labute approximate surface area is 107 Å². The number of benzene rings is 1. The zero-order chi connectivity index (χ0) is 11.4. The molecule has 1 aromatic rings. The van der Waals surface area contributed by atoms with E-state index in [0.717, 1.165) is 6.42 Å². The van der Waals surface area contributed by atoms with E-state index in [-0.39, 0.29) is 23.2 Å². The molecule has 4 N–H and O–H groups in total. The highest BCUT2D eigenvalue weighted by atomic mass is 35.5. The van der Waals surface area contributed by atoms with Gasteiger partial charge in [-0.2, -0.15) is 0 Å². The summed E-state index contributed by atoms with van der Waals surface area (Å²) in [6.07, 6.45) is 0.794. The van der Waals surface area contributed by atoms with Gasteiger partial charge in [0.05, 0.1) is 17.2 Å². The maximum Gasteiger partial charge on any atom is 0.139 e. The number of phenols is 1. The molecule has 1 aromatic carbocycles. The first-order valence-electron chi connectivity index (χ1n) is 4.99. The minimum atomic E-state index is -0.653. The molecule has 0 radical (unpaired) electrons. The van der Waals surface area contributed by atoms with Crippen LogP contribution < -0.4 is 5.73 Å². The lowest BCUT2D eigenvalue weighted by molar-refractivity contribution is 0.133. The molecule has 0 aliphatic rings. The van der Waals surface area contributed by atoms with Crippen LogP contribution in [0.3, 0.4) is 0 Å². The molecule has 0 bridgehead atoms. The van der Waals surface area contributed by atoms with E-state index in [1.165, 1.54) is 0 Å². The minimum absolute atomic E-state index is 0. The number of aliphatic hydroxyl groups excluding tert-OH is 1. The molecule has 0 fully saturated rings. The SMILES string of the molecule is CCC[C@@H](O)[C@@H](N)c1cccc(Cl)c1O.Cl. The van der Waals surface area contributed by atoms with Crippen LogP contribution in [0.15, 0.2) is 18.2 Å². The lowest BCUT2D eigenvalue weighted by Gasteiger charge is -2.19. The number of nitrogens with two attached hydrogens (primary N) is 1. The van der Waals surface area contributed by atoms with Gasteiger partial charge in [-0.25, -0.2) is 0 Å². The van der Waals surface area contributed by atoms with Crippen molar-refractivity contribution in [2.75, 3.05) is 0 Å². The van der Waals surface area contributed by atoms with Crippen molar-refractivity contribution in [1.29, 1.82) is 0 Å². The molecule has 92 valence electrons. The number of rotatable bonds is 4. The summed E-state index contributed by atoms with van der Waals surface area (Å²) >= 11 is 5.75. The van der Waals surface area contributed by atoms with E-state index in [1.807, 2.05) is 6.92 Å². The number of hydrogen-bond donors (Lipinski definition) is 3. The first-order chi connectivity index (χ1) is 7.07. The number of aromatic hydroxyl groups is 1. The third-order valence-corrected chi connectivity index (χ3v) is 2.68. The molecule has 0 saturated carbocycles. The van der Waals surface area contributed by atoms with Gasteiger partial charge in [-0.05, 0) is 12.5 Å². The molecule has 3 nitrogen and oxygen atoms in total. The summed E-state index contributed by atoms with van der Waals surface area (Å²) in [7, 11) is 0. The Hall–Kier alpha value is -0.480. The molecule has 0 saturated heterocycles. The van der Waals surface area contributed by atoms with E-state index in [2.05, 4.69) is 0 Å². The van der Waals surface area contributed by atoms with Gasteiger partial charge >= 0.3 is 0 Å². The summed E-state index contributed by atoms with van der Waals surface area (Å²) in [5.41, 5.74) is 6.31. The van der Waals surface area contributed by atoms with Crippen molar-refractivity contribution in [3.05, 3.63) is 28.8 Å². The molecule has 0 aliphatic carbocycles. The van der Waals surface area contributed by atoms with Crippen LogP contribution in [0.2, 0.25) is 5.02 Å². The zero-order valence-corrected chi connectivity index (χ0v) is 10.6. The Morgan fingerprint density at radius 3 is 2.62 bits per heavy atom. The standard InChI is InChI=1S/C11H16ClNO2.ClH/c1-2-4-9(14)10(13)7-5-3-6-8(12)11(7)15;/h3,5-6,9-10,14-15H,2,4,13H2,1H3;1H/t9-,10+;/m1./s1. The molecule has 16 heavy (non-hydrogen) atoms. The molecule has 0 aromatic heterocycles. The molecule has 5 heteroatoms. The van der Waals surface area contributed by atoms with Gasteiger partial charge in [0.25, 0.3) is 0 Å². The summed E-state index contributed by atoms with van der Waals surface area (Å²) in [6, 6.07) is 4.36. The average molecular weight is 266 g/mol. The van der Waals surface area contributed by atoms with Crippen LogP contribution in [0.5, 0.6) is 5.75 Å². The van der Waals surface area contributed by atoms with E-state index in [0.29, 0.717) is 12.0 Å². The van der Waals surface area contributed by atoms with Crippen LogP contribution in [0.25, 0.3) is 0 Å². The number of phenolic OH excluding ortho intramolecular Hbond substituents is 1. The van der Waals surface area contributed by atoms with Crippen molar-refractivity contribution in [2.24, 2.45) is 5.73 Å². The molecule has 0 spiro atoms. The van der Waals surface area contributed by atoms with Crippen molar-refractivity contribution in [1.82, 2.24) is 0 Å². The fourth-order valence-electron chi connectivity index (χ4n) is 1.48. The average Bonchev–Trinajstić information content (AvgIpc) is 2.21. The number of halogens is 2. The molecule has 0 aliphatic heterocycles. The van der Waals surface area contributed by atoms with Gasteiger partial charge < -0.3 is 15.9 Å². The van der Waals surface area contributed by atoms with Gasteiger partial charge in [0.15, 0.2) is 0 Å². The summed E-state index contributed by atoms with van der Waals surface area (Å²) < 4.78 is 0. The fraction of sp³-hybridized carbons (Fsp3) is 0.455. The topological polar surface area (TPSA) is 66.5 Å². The Morgan fingerprint density at radius 2 is 2.06 bits per heavy atom. The molecular formula is C11H17Cl2NO2. The molecule has 1 rings (SSSR count). The number of para-hydroxylation sites is 1. The summed E-state index contributed by atoms with van der Waals surface area (Å²) in [4.78, 5) is 0. The monoisotopic (exact) mass is 265 g/mol. The first kappa shape index (κ1) is 15.5. The fourth-order valence-corrected chi connectivity index (χ4v) is 1.67. The maximum atomic E-state index is 9.71. The predicted octanol–water partition coefficient (Wildman–Crippen LogP) is 2.63. The third kappa shape index (κ3) is 3.52. The Balaban J connectivity index is 0.00000225. The van der Waals surface area contributed by atoms with Crippen LogP contribution in [-0.4, -0.2) is 16.3 Å². The molecule has 0 heterocycles. The van der Waals surface area contributed by atoms with Crippen LogP contribution in [-0.2, 0) is 0 Å². The summed E-state index contributed by atoms with van der Waals surface area (Å²) in [5.74, 6) is -0.0400. The Morgan fingerprint density at radius 1 is 1.44 bits per heavy atom. The molecular weight excluding hydrogens is 249 g/mol. The van der Waals surface area contributed by atoms with Crippen molar-refractivity contribution in [2.45, 2.75) is 31.9 Å². The van der Waals surface area contributed by atoms with Crippen molar-refractivity contribution in [3.8, 4) is 5.75 Å². The van der Waals surface area contributed by atoms with Crippen LogP contribution in [0, 0.1) is 0 Å². The van der Waals surface area contributed by atoms with E-state index >= 15 is 0 Å². The van der Waals surface area contributed by atoms with Crippen molar-refractivity contribution >= 4 is 24.0 Å². The second kappa shape index (κ2) is 6.97. The second-order valence-electron chi connectivity index (χ2n) is 3.56. The second-order valence-corrected chi connectivity index (χ2v) is 3.97. The summed E-state index contributed by atoms with van der Waals surface area (Å²) in [5, 5.41) is 19.6. The first-order valence-corrected chi connectivity index (χ1v) is 5.36. The van der Waals surface area contributed by atoms with Crippen molar-refractivity contribution < 1.29 is 10.2 Å². The van der Waals surface area contributed by atoms with E-state index in [4.69, 9.17) is 17.3 Å². The largest absolute Gasteiger partial charge is 0.506 e. The highest BCUT2D eigenvalue weighted by Crippen LogP contribution is 2.32. The lowest BCUT2D eigenvalue weighted by Crippen LogP contribution is -2.26. The van der Waals surface area contributed by atoms with Crippen molar-refractivity contribution in [3.63, 3.8) is 0 Å². The lowest BCUT2D eigenvalue weighted by atomic mass is 9.98. The van der Waals surface area contributed by atoms with Gasteiger partial charge in [-0.1, -0.05) is 37.1 Å². The normalized spacial score (nSPS) is 14.0. The van der Waals surface area contributed by atoms with E-state index < -0.39 is 12.1 Å². The van der Waals surface area contributed by atoms with Crippen LogP contribution in [0.4, 0.5) is 0 Å². The molecule has 0 amide bonds. The van der Waals surface area contributed by atoms with Gasteiger partial charge in [-0.3, -0.25) is 0 Å². The highest BCUT2D eigenvalue weighted by Gasteiger charge is 2.19. The molecule has 0 unspecified atom stereocenters. The van der Waals surface area contributed by atoms with Gasteiger partial charge in [0.1, 0.15) is 5.75 Å². The van der Waals surface area contributed by atoms with Crippen LogP contribution in [0.1, 0.15) is 31.4 Å². The third-order valence-electron chi connectivity index (χ3n) is 2.38.